The molecule has 10 nitrogen and oxygen atoms in total. The van der Waals surface area contributed by atoms with Crippen molar-refractivity contribution >= 4 is 23.5 Å². The van der Waals surface area contributed by atoms with Gasteiger partial charge in [0.2, 0.25) is 17.7 Å². The number of amides is 2. The third-order valence-corrected chi connectivity index (χ3v) is 7.63. The molecule has 0 spiro atoms. The van der Waals surface area contributed by atoms with E-state index in [1.807, 2.05) is 19.2 Å². The number of ether oxygens (including phenoxy) is 2. The number of piperidine rings is 1. The van der Waals surface area contributed by atoms with Gasteiger partial charge in [0.25, 0.3) is 5.91 Å². The van der Waals surface area contributed by atoms with Crippen molar-refractivity contribution in [3.8, 4) is 11.6 Å². The predicted molar refractivity (Wildman–Crippen MR) is 159 cm³/mol. The third-order valence-electron chi connectivity index (χ3n) is 7.63. The van der Waals surface area contributed by atoms with Crippen molar-refractivity contribution in [3.63, 3.8) is 0 Å². The highest BCUT2D eigenvalue weighted by molar-refractivity contribution is 5.95. The molecule has 2 aromatic carbocycles. The number of nitrogens with zero attached hydrogens (tertiary/aromatic N) is 3. The Morgan fingerprint density at radius 1 is 1.07 bits per heavy atom. The smallest absolute Gasteiger partial charge is 0.423 e. The first-order valence-corrected chi connectivity index (χ1v) is 13.9. The van der Waals surface area contributed by atoms with Crippen molar-refractivity contribution in [2.24, 2.45) is 0 Å². The minimum Gasteiger partial charge on any atom is -0.495 e. The van der Waals surface area contributed by atoms with Crippen molar-refractivity contribution in [1.82, 2.24) is 25.5 Å². The molecule has 5 rings (SSSR count). The van der Waals surface area contributed by atoms with Crippen molar-refractivity contribution in [1.29, 1.82) is 0 Å². The summed E-state index contributed by atoms with van der Waals surface area (Å²) in [5.74, 6) is -1.15. The number of rotatable bonds is 8. The third kappa shape index (κ3) is 7.39. The van der Waals surface area contributed by atoms with Crippen LogP contribution >= 0.6 is 0 Å². The lowest BCUT2D eigenvalue weighted by Gasteiger charge is -2.29. The zero-order valence-electron chi connectivity index (χ0n) is 24.0. The summed E-state index contributed by atoms with van der Waals surface area (Å²) in [5, 5.41) is 8.71. The Hall–Kier alpha value is -4.39. The van der Waals surface area contributed by atoms with Crippen LogP contribution in [0.1, 0.15) is 60.3 Å². The Balaban J connectivity index is 0.00000442. The van der Waals surface area contributed by atoms with Gasteiger partial charge in [0.1, 0.15) is 17.4 Å². The molecule has 1 fully saturated rings. The first kappa shape index (κ1) is 32.5. The van der Waals surface area contributed by atoms with E-state index in [9.17, 15) is 22.8 Å². The number of methoxy groups -OCH3 is 1. The van der Waals surface area contributed by atoms with Crippen LogP contribution in [0.4, 0.5) is 24.8 Å². The van der Waals surface area contributed by atoms with E-state index in [2.05, 4.69) is 30.8 Å². The lowest BCUT2D eigenvalue weighted by Crippen LogP contribution is -2.43. The summed E-state index contributed by atoms with van der Waals surface area (Å²) in [6.07, 6.45) is -2.98. The lowest BCUT2D eigenvalue weighted by atomic mass is 10.0. The Bertz CT molecular complexity index is 1490. The number of anilines is 2. The second-order valence-electron chi connectivity index (χ2n) is 10.7. The normalized spacial score (nSPS) is 18.5. The monoisotopic (exact) mass is 614 g/mol. The molecule has 44 heavy (non-hydrogen) atoms. The maximum atomic E-state index is 14.0. The maximum Gasteiger partial charge on any atom is 0.423 e. The van der Waals surface area contributed by atoms with Gasteiger partial charge in [-0.25, -0.2) is 4.98 Å². The van der Waals surface area contributed by atoms with Gasteiger partial charge in [-0.15, -0.1) is 0 Å². The molecule has 2 amide bonds. The second-order valence-corrected chi connectivity index (χ2v) is 10.7. The zero-order chi connectivity index (χ0) is 30.7. The van der Waals surface area contributed by atoms with Crippen LogP contribution in [-0.4, -0.2) is 66.1 Å². The van der Waals surface area contributed by atoms with Gasteiger partial charge >= 0.3 is 6.18 Å². The SMILES string of the molecule is C.COc1cc(C(=O)NC2CCN(C)CC2)ccc1Nc1ncc(C(F)(F)F)c(O[C@@H]2Cc3ccccc3[C@H]2NC(C)=O)n1. The number of likely N-dealkylation sites (tertiary alicyclic amines) is 1. The highest BCUT2D eigenvalue weighted by atomic mass is 19.4. The Labute approximate surface area is 254 Å². The standard InChI is InChI=1S/C30H33F3N6O4.CH4/c1-17(40)35-26-21-7-5-4-6-18(21)14-25(26)43-28-22(30(31,32)33)16-34-29(38-28)37-23-9-8-19(15-24(23)42-3)27(41)36-20-10-12-39(2)13-11-20;/h4-9,15-16,20,25-26H,10-14H2,1-3H3,(H,35,40)(H,36,41)(H,34,37,38);1H4/t25-,26-;/m1./s1. The average molecular weight is 615 g/mol. The van der Waals surface area contributed by atoms with Crippen LogP contribution in [0.15, 0.2) is 48.7 Å². The van der Waals surface area contributed by atoms with Crippen LogP contribution < -0.4 is 25.4 Å². The van der Waals surface area contributed by atoms with Gasteiger partial charge in [0.15, 0.2) is 0 Å². The number of nitrogens with one attached hydrogen (secondary N) is 3. The second kappa shape index (κ2) is 13.5. The van der Waals surface area contributed by atoms with E-state index >= 15 is 0 Å². The van der Waals surface area contributed by atoms with Crippen molar-refractivity contribution in [2.75, 3.05) is 32.6 Å². The number of aromatic nitrogens is 2. The molecule has 2 aliphatic rings. The molecule has 1 aliphatic heterocycles. The molecule has 0 saturated carbocycles. The number of carbonyl (C=O) groups is 2. The van der Waals surface area contributed by atoms with Crippen LogP contribution in [0.2, 0.25) is 0 Å². The molecule has 236 valence electrons. The van der Waals surface area contributed by atoms with E-state index in [-0.39, 0.29) is 43.4 Å². The number of hydrogen-bond acceptors (Lipinski definition) is 8. The molecule has 13 heteroatoms. The van der Waals surface area contributed by atoms with Crippen molar-refractivity contribution in [3.05, 3.63) is 70.9 Å². The molecule has 3 aromatic rings. The minimum atomic E-state index is -4.79. The van der Waals surface area contributed by atoms with E-state index in [1.165, 1.54) is 14.0 Å². The average Bonchev–Trinajstić information content (AvgIpc) is 3.30. The van der Waals surface area contributed by atoms with Crippen LogP contribution in [0.5, 0.6) is 11.6 Å². The van der Waals surface area contributed by atoms with E-state index in [0.717, 1.165) is 37.1 Å². The molecule has 1 aromatic heterocycles. The molecular weight excluding hydrogens is 577 g/mol. The highest BCUT2D eigenvalue weighted by Crippen LogP contribution is 2.40. The molecule has 2 atom stereocenters. The summed E-state index contributed by atoms with van der Waals surface area (Å²) in [7, 11) is 3.46. The molecule has 1 saturated heterocycles. The molecular formula is C31H37F3N6O4. The first-order chi connectivity index (χ1) is 20.5. The number of halogens is 3. The fraction of sp³-hybridized carbons (Fsp3) is 0.419. The molecule has 0 bridgehead atoms. The number of hydrogen-bond donors (Lipinski definition) is 3. The molecule has 1 aliphatic carbocycles. The summed E-state index contributed by atoms with van der Waals surface area (Å²) < 4.78 is 53.2. The number of alkyl halides is 3. The summed E-state index contributed by atoms with van der Waals surface area (Å²) >= 11 is 0. The van der Waals surface area contributed by atoms with Crippen LogP contribution in [-0.2, 0) is 17.4 Å². The van der Waals surface area contributed by atoms with Gasteiger partial charge in [0, 0.05) is 31.1 Å². The Morgan fingerprint density at radius 3 is 2.48 bits per heavy atom. The van der Waals surface area contributed by atoms with Crippen LogP contribution in [0.25, 0.3) is 0 Å². The number of carbonyl (C=O) groups excluding carboxylic acids is 2. The number of fused-ring (bicyclic) bond motifs is 1. The van der Waals surface area contributed by atoms with E-state index in [0.29, 0.717) is 17.4 Å². The van der Waals surface area contributed by atoms with Gasteiger partial charge < -0.3 is 30.3 Å². The van der Waals surface area contributed by atoms with E-state index in [1.54, 1.807) is 30.3 Å². The van der Waals surface area contributed by atoms with Gasteiger partial charge in [0.05, 0.1) is 18.8 Å². The molecule has 2 heterocycles. The zero-order valence-corrected chi connectivity index (χ0v) is 24.0. The van der Waals surface area contributed by atoms with Gasteiger partial charge in [-0.2, -0.15) is 18.2 Å². The van der Waals surface area contributed by atoms with Crippen molar-refractivity contribution < 1.29 is 32.2 Å². The van der Waals surface area contributed by atoms with E-state index < -0.39 is 29.8 Å². The fourth-order valence-corrected chi connectivity index (χ4v) is 5.39. The first-order valence-electron chi connectivity index (χ1n) is 13.9. The van der Waals surface area contributed by atoms with Gasteiger partial charge in [-0.1, -0.05) is 31.7 Å². The van der Waals surface area contributed by atoms with Gasteiger partial charge in [-0.05, 0) is 62.3 Å². The highest BCUT2D eigenvalue weighted by Gasteiger charge is 2.40. The Morgan fingerprint density at radius 2 is 1.80 bits per heavy atom. The summed E-state index contributed by atoms with van der Waals surface area (Å²) in [6.45, 7) is 3.14. The maximum absolute atomic E-state index is 14.0. The van der Waals surface area contributed by atoms with Crippen LogP contribution in [0.3, 0.4) is 0 Å². The number of benzene rings is 2. The quantitative estimate of drug-likeness (QED) is 0.329. The van der Waals surface area contributed by atoms with Crippen molar-refractivity contribution in [2.45, 2.75) is 58.0 Å². The summed E-state index contributed by atoms with van der Waals surface area (Å²) in [6, 6.07) is 11.4. The van der Waals surface area contributed by atoms with E-state index in [4.69, 9.17) is 9.47 Å². The van der Waals surface area contributed by atoms with Gasteiger partial charge in [-0.3, -0.25) is 9.59 Å². The van der Waals surface area contributed by atoms with Crippen LogP contribution in [0, 0.1) is 0 Å². The summed E-state index contributed by atoms with van der Waals surface area (Å²) in [4.78, 5) is 34.9. The minimum absolute atomic E-state index is 0. The molecule has 3 N–H and O–H groups in total. The largest absolute Gasteiger partial charge is 0.495 e. The topological polar surface area (TPSA) is 118 Å². The molecule has 0 unspecified atom stereocenters. The Kier molecular flexibility index (Phi) is 9.98. The lowest BCUT2D eigenvalue weighted by molar-refractivity contribution is -0.140. The predicted octanol–water partition coefficient (Wildman–Crippen LogP) is 4.89. The molecule has 0 radical (unpaired) electrons. The fourth-order valence-electron chi connectivity index (χ4n) is 5.39. The summed E-state index contributed by atoms with van der Waals surface area (Å²) in [5.41, 5.74) is 1.20.